The van der Waals surface area contributed by atoms with Gasteiger partial charge in [-0.1, -0.05) is 74.5 Å². The lowest BCUT2D eigenvalue weighted by Crippen LogP contribution is -2.54. The van der Waals surface area contributed by atoms with Crippen molar-refractivity contribution in [2.24, 2.45) is 23.1 Å². The van der Waals surface area contributed by atoms with Crippen molar-refractivity contribution in [1.82, 2.24) is 14.9 Å². The van der Waals surface area contributed by atoms with E-state index in [1.807, 2.05) is 74.5 Å². The summed E-state index contributed by atoms with van der Waals surface area (Å²) in [4.78, 5) is 51.4. The zero-order valence-electron chi connectivity index (χ0n) is 28.5. The van der Waals surface area contributed by atoms with Gasteiger partial charge in [0.2, 0.25) is 5.91 Å². The fraction of sp³-hybridized carbons (Fsp3) is 0.500. The summed E-state index contributed by atoms with van der Waals surface area (Å²) in [5.74, 6) is -3.32. The van der Waals surface area contributed by atoms with Crippen LogP contribution in [0.4, 0.5) is 0 Å². The molecule has 10 N–H and O–H groups in total. The van der Waals surface area contributed by atoms with Crippen molar-refractivity contribution in [2.45, 2.75) is 89.4 Å². The molecule has 2 aromatic rings. The van der Waals surface area contributed by atoms with E-state index in [0.29, 0.717) is 38.8 Å². The standard InChI is InChI=1S/C28H38N3O5P.C6H14N4O2/c1-20(2)17-25(28(34)35)31(27(33)24-15-10-16-30(24)26(32)21(3)29)37(36,18-22-11-6-4-7-12-22)19-23-13-8-5-9-14-23;7-4(5(11)12)2-1-3-10-6(8)9/h4-9,11-14,20-21,24-25H,10,15-19,29H2,1-3H3,(H,34,35);4H,1-3,7H2,(H,11,12)(H4,8,9,10)/t21-,24-,25-;4-/m00/s1. The molecule has 0 radical (unpaired) electrons. The van der Waals surface area contributed by atoms with E-state index in [-0.39, 0.29) is 36.5 Å². The second-order valence-corrected chi connectivity index (χ2v) is 15.5. The molecule has 0 aliphatic carbocycles. The van der Waals surface area contributed by atoms with Crippen LogP contribution in [0.3, 0.4) is 0 Å². The Morgan fingerprint density at radius 2 is 1.49 bits per heavy atom. The molecule has 15 heteroatoms. The van der Waals surface area contributed by atoms with Gasteiger partial charge < -0.3 is 37.6 Å². The van der Waals surface area contributed by atoms with Gasteiger partial charge in [-0.05, 0) is 56.1 Å². The number of carbonyl (C=O) groups is 4. The molecule has 1 aliphatic rings. The van der Waals surface area contributed by atoms with E-state index in [2.05, 4.69) is 5.32 Å². The Morgan fingerprint density at radius 1 is 0.959 bits per heavy atom. The number of carbonyl (C=O) groups excluding carboxylic acids is 2. The first-order valence-electron chi connectivity index (χ1n) is 16.4. The van der Waals surface area contributed by atoms with Crippen molar-refractivity contribution in [3.8, 4) is 0 Å². The summed E-state index contributed by atoms with van der Waals surface area (Å²) in [6, 6.07) is 14.5. The molecule has 2 aromatic carbocycles. The maximum Gasteiger partial charge on any atom is 0.326 e. The van der Waals surface area contributed by atoms with Crippen molar-refractivity contribution in [1.29, 1.82) is 5.41 Å². The lowest BCUT2D eigenvalue weighted by molar-refractivity contribution is -0.150. The Morgan fingerprint density at radius 3 is 1.92 bits per heavy atom. The minimum absolute atomic E-state index is 0.0321. The van der Waals surface area contributed by atoms with Crippen molar-refractivity contribution < 1.29 is 34.0 Å². The SMILES string of the molecule is CC(C)C[C@@H](C(=O)O)N(C(=O)[C@@H]1CCCN1C(=O)[C@H](C)N)P(=O)(Cc1ccccc1)Cc1ccccc1.N=C(N)NCCC[C@H](N)C(=O)O. The molecule has 0 unspecified atom stereocenters. The first-order valence-corrected chi connectivity index (χ1v) is 18.4. The number of nitrogens with one attached hydrogen (secondary N) is 2. The predicted octanol–water partition coefficient (Wildman–Crippen LogP) is 2.99. The van der Waals surface area contributed by atoms with Gasteiger partial charge in [0.05, 0.1) is 6.04 Å². The number of guanidine groups is 1. The Labute approximate surface area is 288 Å². The van der Waals surface area contributed by atoms with Crippen LogP contribution in [-0.4, -0.2) is 86.8 Å². The average Bonchev–Trinajstić information content (AvgIpc) is 3.53. The summed E-state index contributed by atoms with van der Waals surface area (Å²) in [6.07, 6.45) is 2.14. The van der Waals surface area contributed by atoms with Crippen LogP contribution >= 0.6 is 7.29 Å². The number of aliphatic carboxylic acids is 2. The second kappa shape index (κ2) is 19.7. The molecular formula is C34H52N7O7P. The summed E-state index contributed by atoms with van der Waals surface area (Å²) in [5.41, 5.74) is 17.6. The number of benzene rings is 2. The Bertz CT molecular complexity index is 1400. The van der Waals surface area contributed by atoms with Crippen LogP contribution in [0.15, 0.2) is 60.7 Å². The minimum atomic E-state index is -3.69. The highest BCUT2D eigenvalue weighted by atomic mass is 31.2. The third-order valence-electron chi connectivity index (χ3n) is 7.97. The third kappa shape index (κ3) is 12.9. The van der Waals surface area contributed by atoms with Gasteiger partial charge in [0.1, 0.15) is 18.1 Å². The molecule has 0 bridgehead atoms. The summed E-state index contributed by atoms with van der Waals surface area (Å²) in [5, 5.41) is 28.0. The van der Waals surface area contributed by atoms with Crippen molar-refractivity contribution in [2.75, 3.05) is 13.1 Å². The van der Waals surface area contributed by atoms with Crippen LogP contribution in [0.1, 0.15) is 64.0 Å². The molecule has 1 aliphatic heterocycles. The summed E-state index contributed by atoms with van der Waals surface area (Å²) in [7, 11) is -3.69. The Hall–Kier alpha value is -4.26. The van der Waals surface area contributed by atoms with Crippen LogP contribution in [-0.2, 0) is 36.1 Å². The van der Waals surface area contributed by atoms with E-state index in [4.69, 9.17) is 27.7 Å². The molecule has 0 spiro atoms. The zero-order valence-corrected chi connectivity index (χ0v) is 29.4. The predicted molar refractivity (Wildman–Crippen MR) is 189 cm³/mol. The molecule has 49 heavy (non-hydrogen) atoms. The number of nitrogens with zero attached hydrogens (tertiary/aromatic N) is 2. The number of carboxylic acid groups (broad SMARTS) is 2. The molecule has 3 rings (SSSR count). The highest BCUT2D eigenvalue weighted by molar-refractivity contribution is 7.60. The van der Waals surface area contributed by atoms with E-state index < -0.39 is 49.3 Å². The summed E-state index contributed by atoms with van der Waals surface area (Å²) in [6.45, 7) is 6.15. The molecule has 0 saturated carbocycles. The van der Waals surface area contributed by atoms with Crippen LogP contribution < -0.4 is 22.5 Å². The van der Waals surface area contributed by atoms with Gasteiger partial charge in [0, 0.05) is 25.4 Å². The fourth-order valence-electron chi connectivity index (χ4n) is 5.65. The molecule has 4 atom stereocenters. The van der Waals surface area contributed by atoms with Gasteiger partial charge in [0.15, 0.2) is 13.3 Å². The number of likely N-dealkylation sites (tertiary alicyclic amines) is 1. The van der Waals surface area contributed by atoms with E-state index in [0.717, 1.165) is 15.8 Å². The smallest absolute Gasteiger partial charge is 0.326 e. The number of hydrogen-bond acceptors (Lipinski definition) is 8. The molecule has 270 valence electrons. The van der Waals surface area contributed by atoms with Crippen LogP contribution in [0.25, 0.3) is 0 Å². The van der Waals surface area contributed by atoms with Gasteiger partial charge in [-0.25, -0.2) is 4.79 Å². The first-order chi connectivity index (χ1) is 23.1. The van der Waals surface area contributed by atoms with Crippen LogP contribution in [0.5, 0.6) is 0 Å². The molecule has 0 aromatic heterocycles. The minimum Gasteiger partial charge on any atom is -0.480 e. The van der Waals surface area contributed by atoms with E-state index >= 15 is 4.57 Å². The maximum absolute atomic E-state index is 15.1. The highest BCUT2D eigenvalue weighted by Crippen LogP contribution is 2.58. The monoisotopic (exact) mass is 701 g/mol. The van der Waals surface area contributed by atoms with Crippen LogP contribution in [0.2, 0.25) is 0 Å². The Kier molecular flexibility index (Phi) is 16.4. The molecule has 2 amide bonds. The van der Waals surface area contributed by atoms with E-state index in [1.165, 1.54) is 4.90 Å². The lowest BCUT2D eigenvalue weighted by Gasteiger charge is -2.40. The van der Waals surface area contributed by atoms with Gasteiger partial charge in [0.25, 0.3) is 5.91 Å². The first kappa shape index (κ1) is 40.9. The van der Waals surface area contributed by atoms with Gasteiger partial charge >= 0.3 is 11.9 Å². The molecule has 1 fully saturated rings. The summed E-state index contributed by atoms with van der Waals surface area (Å²) >= 11 is 0. The number of carboxylic acids is 2. The topological polar surface area (TPSA) is 246 Å². The summed E-state index contributed by atoms with van der Waals surface area (Å²) < 4.78 is 16.3. The molecule has 1 saturated heterocycles. The van der Waals surface area contributed by atoms with Crippen molar-refractivity contribution >= 4 is 37.0 Å². The Balaban J connectivity index is 0.000000591. The normalized spacial score (nSPS) is 16.1. The maximum atomic E-state index is 15.1. The average molecular weight is 702 g/mol. The quantitative estimate of drug-likeness (QED) is 0.0580. The van der Waals surface area contributed by atoms with Gasteiger partial charge in [-0.2, -0.15) is 0 Å². The van der Waals surface area contributed by atoms with E-state index in [1.54, 1.807) is 6.92 Å². The third-order valence-corrected chi connectivity index (χ3v) is 11.0. The number of rotatable bonds is 16. The number of hydrogen-bond donors (Lipinski definition) is 7. The number of nitrogens with two attached hydrogens (primary N) is 3. The highest BCUT2D eigenvalue weighted by Gasteiger charge is 2.48. The number of amides is 2. The van der Waals surface area contributed by atoms with Crippen LogP contribution in [0, 0.1) is 11.3 Å². The fourth-order valence-corrected chi connectivity index (χ4v) is 8.83. The van der Waals surface area contributed by atoms with Gasteiger partial charge in [-0.3, -0.25) is 29.0 Å². The largest absolute Gasteiger partial charge is 0.480 e. The van der Waals surface area contributed by atoms with E-state index in [9.17, 15) is 24.3 Å². The van der Waals surface area contributed by atoms with Gasteiger partial charge in [-0.15, -0.1) is 0 Å². The lowest BCUT2D eigenvalue weighted by atomic mass is 10.0. The molecule has 1 heterocycles. The molecular weight excluding hydrogens is 649 g/mol. The van der Waals surface area contributed by atoms with Crippen molar-refractivity contribution in [3.05, 3.63) is 71.8 Å². The van der Waals surface area contributed by atoms with Crippen molar-refractivity contribution in [3.63, 3.8) is 0 Å². The second-order valence-electron chi connectivity index (χ2n) is 12.7. The zero-order chi connectivity index (χ0) is 36.7. The molecule has 14 nitrogen and oxygen atoms in total.